The monoisotopic (exact) mass is 643 g/mol. The molecule has 0 saturated heterocycles. The third kappa shape index (κ3) is 9.60. The van der Waals surface area contributed by atoms with Crippen LogP contribution in [0.2, 0.25) is 0 Å². The number of nitrogens with zero attached hydrogens (tertiary/aromatic N) is 2. The molecule has 220 valence electrons. The highest BCUT2D eigenvalue weighted by Crippen LogP contribution is 2.30. The molecule has 0 saturated carbocycles. The average molecular weight is 645 g/mol. The van der Waals surface area contributed by atoms with Gasteiger partial charge in [0.25, 0.3) is 0 Å². The van der Waals surface area contributed by atoms with E-state index in [1.807, 2.05) is 61.5 Å². The number of benzene rings is 3. The minimum Gasteiger partial charge on any atom is -0.495 e. The van der Waals surface area contributed by atoms with Crippen LogP contribution in [0.5, 0.6) is 5.75 Å². The highest BCUT2D eigenvalue weighted by atomic mass is 79.9. The molecule has 0 aromatic heterocycles. The van der Waals surface area contributed by atoms with Gasteiger partial charge >= 0.3 is 0 Å². The zero-order chi connectivity index (χ0) is 29.8. The fourth-order valence-electron chi connectivity index (χ4n) is 4.57. The lowest BCUT2D eigenvalue weighted by atomic mass is 10.0. The van der Waals surface area contributed by atoms with Crippen LogP contribution in [-0.2, 0) is 32.6 Å². The van der Waals surface area contributed by atoms with E-state index >= 15 is 0 Å². The Bertz CT molecular complexity index is 1400. The van der Waals surface area contributed by atoms with Gasteiger partial charge < -0.3 is 15.0 Å². The fourth-order valence-corrected chi connectivity index (χ4v) is 5.99. The standard InChI is InChI=1S/C31H38BrN3O5S/c1-4-19-33-31(37)28(22-24-12-6-5-7-13-24)34(23-25-14-10-15-26(32)21-25)30(36)18-11-20-35(41(3,38)39)27-16-8-9-17-29(27)40-2/h5-10,12-17,21,28H,4,11,18-20,22-23H2,1-3H3,(H,33,37). The molecule has 0 radical (unpaired) electrons. The van der Waals surface area contributed by atoms with Crippen molar-refractivity contribution in [2.45, 2.75) is 45.2 Å². The minimum absolute atomic E-state index is 0.0571. The molecule has 1 atom stereocenters. The van der Waals surface area contributed by atoms with Crippen molar-refractivity contribution in [1.29, 1.82) is 0 Å². The number of carbonyl (C=O) groups excluding carboxylic acids is 2. The van der Waals surface area contributed by atoms with E-state index in [0.29, 0.717) is 24.4 Å². The zero-order valence-corrected chi connectivity index (χ0v) is 26.2. The average Bonchev–Trinajstić information content (AvgIpc) is 2.95. The molecule has 2 amide bonds. The van der Waals surface area contributed by atoms with Gasteiger partial charge in [0.1, 0.15) is 11.8 Å². The number of anilines is 1. The summed E-state index contributed by atoms with van der Waals surface area (Å²) >= 11 is 3.50. The van der Waals surface area contributed by atoms with E-state index in [9.17, 15) is 18.0 Å². The van der Waals surface area contributed by atoms with Crippen LogP contribution in [0.3, 0.4) is 0 Å². The van der Waals surface area contributed by atoms with Crippen molar-refractivity contribution in [3.63, 3.8) is 0 Å². The molecule has 1 N–H and O–H groups in total. The number of para-hydroxylation sites is 2. The summed E-state index contributed by atoms with van der Waals surface area (Å²) in [5, 5.41) is 2.97. The number of rotatable bonds is 15. The number of methoxy groups -OCH3 is 1. The van der Waals surface area contributed by atoms with Crippen LogP contribution in [0, 0.1) is 0 Å². The summed E-state index contributed by atoms with van der Waals surface area (Å²) in [6, 6.07) is 23.4. The maximum Gasteiger partial charge on any atom is 0.243 e. The molecule has 0 aliphatic carbocycles. The lowest BCUT2D eigenvalue weighted by molar-refractivity contribution is -0.141. The van der Waals surface area contributed by atoms with Crippen LogP contribution in [0.1, 0.15) is 37.3 Å². The number of nitrogens with one attached hydrogen (secondary N) is 1. The number of hydrogen-bond donors (Lipinski definition) is 1. The van der Waals surface area contributed by atoms with Crippen molar-refractivity contribution < 1.29 is 22.7 Å². The van der Waals surface area contributed by atoms with Gasteiger partial charge in [0.2, 0.25) is 21.8 Å². The molecule has 0 aliphatic heterocycles. The summed E-state index contributed by atoms with van der Waals surface area (Å²) in [6.45, 7) is 2.80. The lowest BCUT2D eigenvalue weighted by Crippen LogP contribution is -2.50. The fraction of sp³-hybridized carbons (Fsp3) is 0.355. The molecule has 3 rings (SSSR count). The van der Waals surface area contributed by atoms with Gasteiger partial charge in [-0.2, -0.15) is 0 Å². The van der Waals surface area contributed by atoms with E-state index < -0.39 is 16.1 Å². The van der Waals surface area contributed by atoms with Crippen molar-refractivity contribution in [3.8, 4) is 5.75 Å². The Labute approximate surface area is 251 Å². The second-order valence-corrected chi connectivity index (χ2v) is 12.6. The van der Waals surface area contributed by atoms with Crippen LogP contribution in [0.25, 0.3) is 0 Å². The Hall–Kier alpha value is -3.37. The summed E-state index contributed by atoms with van der Waals surface area (Å²) in [7, 11) is -2.16. The van der Waals surface area contributed by atoms with E-state index in [2.05, 4.69) is 21.2 Å². The van der Waals surface area contributed by atoms with E-state index in [1.165, 1.54) is 11.4 Å². The molecular weight excluding hydrogens is 606 g/mol. The van der Waals surface area contributed by atoms with Gasteiger partial charge in [0.05, 0.1) is 19.1 Å². The number of hydrogen-bond acceptors (Lipinski definition) is 5. The van der Waals surface area contributed by atoms with Gasteiger partial charge in [-0.25, -0.2) is 8.42 Å². The van der Waals surface area contributed by atoms with Crippen LogP contribution >= 0.6 is 15.9 Å². The first-order valence-corrected chi connectivity index (χ1v) is 16.2. The third-order valence-corrected chi connectivity index (χ3v) is 8.24. The summed E-state index contributed by atoms with van der Waals surface area (Å²) in [5.41, 5.74) is 2.23. The van der Waals surface area contributed by atoms with Crippen LogP contribution < -0.4 is 14.4 Å². The van der Waals surface area contributed by atoms with Crippen molar-refractivity contribution >= 4 is 43.5 Å². The SMILES string of the molecule is CCCNC(=O)C(Cc1ccccc1)N(Cc1cccc(Br)c1)C(=O)CCCN(c1ccccc1OC)S(C)(=O)=O. The quantitative estimate of drug-likeness (QED) is 0.247. The molecule has 41 heavy (non-hydrogen) atoms. The largest absolute Gasteiger partial charge is 0.495 e. The Kier molecular flexibility index (Phi) is 12.2. The molecule has 0 aliphatic rings. The molecule has 3 aromatic rings. The minimum atomic E-state index is -3.64. The summed E-state index contributed by atoms with van der Waals surface area (Å²) < 4.78 is 32.9. The predicted molar refractivity (Wildman–Crippen MR) is 166 cm³/mol. The van der Waals surface area contributed by atoms with Crippen LogP contribution in [0.4, 0.5) is 5.69 Å². The van der Waals surface area contributed by atoms with E-state index in [0.717, 1.165) is 28.3 Å². The first-order chi connectivity index (χ1) is 19.6. The van der Waals surface area contributed by atoms with Crippen molar-refractivity contribution in [2.75, 3.05) is 30.8 Å². The Balaban J connectivity index is 1.88. The number of sulfonamides is 1. The molecule has 0 bridgehead atoms. The summed E-state index contributed by atoms with van der Waals surface area (Å²) in [4.78, 5) is 29.0. The number of ether oxygens (including phenoxy) is 1. The maximum atomic E-state index is 13.9. The lowest BCUT2D eigenvalue weighted by Gasteiger charge is -2.32. The zero-order valence-electron chi connectivity index (χ0n) is 23.8. The Morgan fingerprint density at radius 1 is 0.976 bits per heavy atom. The first kappa shape index (κ1) is 32.1. The van der Waals surface area contributed by atoms with Gasteiger partial charge in [-0.15, -0.1) is 0 Å². The molecule has 1 unspecified atom stereocenters. The second-order valence-electron chi connectivity index (χ2n) is 9.76. The Morgan fingerprint density at radius 3 is 2.32 bits per heavy atom. The van der Waals surface area contributed by atoms with Gasteiger partial charge in [0, 0.05) is 36.9 Å². The van der Waals surface area contributed by atoms with E-state index in [1.54, 1.807) is 29.2 Å². The molecular formula is C31H38BrN3O5S. The van der Waals surface area contributed by atoms with Crippen LogP contribution in [0.15, 0.2) is 83.3 Å². The van der Waals surface area contributed by atoms with Gasteiger partial charge in [-0.3, -0.25) is 13.9 Å². The predicted octanol–water partition coefficient (Wildman–Crippen LogP) is 5.17. The van der Waals surface area contributed by atoms with Crippen molar-refractivity contribution in [2.24, 2.45) is 0 Å². The van der Waals surface area contributed by atoms with Crippen molar-refractivity contribution in [1.82, 2.24) is 10.2 Å². The van der Waals surface area contributed by atoms with Crippen LogP contribution in [-0.4, -0.2) is 57.6 Å². The van der Waals surface area contributed by atoms with Gasteiger partial charge in [-0.1, -0.05) is 77.5 Å². The highest BCUT2D eigenvalue weighted by molar-refractivity contribution is 9.10. The number of halogens is 1. The summed E-state index contributed by atoms with van der Waals surface area (Å²) in [6.07, 6.45) is 2.57. The van der Waals surface area contributed by atoms with E-state index in [4.69, 9.17) is 4.74 Å². The topological polar surface area (TPSA) is 96.0 Å². The van der Waals surface area contributed by atoms with Crippen molar-refractivity contribution in [3.05, 3.63) is 94.5 Å². The first-order valence-electron chi connectivity index (χ1n) is 13.6. The number of amides is 2. The van der Waals surface area contributed by atoms with Gasteiger partial charge in [-0.05, 0) is 48.2 Å². The second kappa shape index (κ2) is 15.6. The summed E-state index contributed by atoms with van der Waals surface area (Å²) in [5.74, 6) is -0.0204. The Morgan fingerprint density at radius 2 is 1.66 bits per heavy atom. The molecule has 3 aromatic carbocycles. The smallest absolute Gasteiger partial charge is 0.243 e. The normalized spacial score (nSPS) is 11.9. The molecule has 0 spiro atoms. The maximum absolute atomic E-state index is 13.9. The third-order valence-electron chi connectivity index (χ3n) is 6.57. The highest BCUT2D eigenvalue weighted by Gasteiger charge is 2.30. The van der Waals surface area contributed by atoms with Gasteiger partial charge in [0.15, 0.2) is 0 Å². The molecule has 10 heteroatoms. The molecule has 0 heterocycles. The molecule has 8 nitrogen and oxygen atoms in total. The molecule has 0 fully saturated rings. The number of carbonyl (C=O) groups is 2. The van der Waals surface area contributed by atoms with E-state index in [-0.39, 0.29) is 37.7 Å².